The zero-order chi connectivity index (χ0) is 100. The topological polar surface area (TPSA) is 372 Å². The molecule has 0 spiro atoms. The maximum atomic E-state index is 12.9. The summed E-state index contributed by atoms with van der Waals surface area (Å²) in [5, 5.41) is 22.7. The predicted molar refractivity (Wildman–Crippen MR) is 547 cm³/mol. The van der Waals surface area contributed by atoms with Crippen molar-refractivity contribution in [2.45, 2.75) is 80.6 Å². The first-order chi connectivity index (χ1) is 69.5. The highest BCUT2D eigenvalue weighted by atomic mass is 19.4. The molecule has 24 rings (SSSR count). The van der Waals surface area contributed by atoms with Crippen LogP contribution < -0.4 is 78.1 Å². The number of imidazole rings is 2. The van der Waals surface area contributed by atoms with Crippen LogP contribution in [0.4, 0.5) is 35.9 Å². The third-order valence-electron chi connectivity index (χ3n) is 25.6. The number of pyridine rings is 7. The average Bonchev–Trinajstić information content (AvgIpc) is 1.74. The van der Waals surface area contributed by atoms with E-state index in [1.54, 1.807) is 95.8 Å². The maximum Gasteiger partial charge on any atom is 0.434 e. The van der Waals surface area contributed by atoms with Gasteiger partial charge in [0.2, 0.25) is 0 Å². The summed E-state index contributed by atoms with van der Waals surface area (Å²) >= 11 is 0. The van der Waals surface area contributed by atoms with Gasteiger partial charge in [-0.25, -0.2) is 43.9 Å². The van der Waals surface area contributed by atoms with Crippen molar-refractivity contribution in [3.8, 4) is 79.3 Å². The SMILES string of the molecule is COc1ccc(-c2cc(=O)n3cc(-c4ccnc(C)c4)ccc3n2)cc1OC.Cc1cn2cc(-c3cc(=O)n4cc(N5CCN[C@@H](C)C5)ccc4n3)nc2c(C)n1.Cc1cn2nc(-c3cc(=O)n4cc(N5CCNCC5)ccc4n3)cc2c(C)n1.Cc1cn2nc(-c3cc(=O)n4cc(N5CCN[C@@H](C)C5)ccc4n3)cc2c(C)n1.O=c1cc(-c2ccc3nc(C(F)(F)F)cn3c2)nc2ccc(N3CCNCC3)cn12. The summed E-state index contributed by atoms with van der Waals surface area (Å²) in [6.07, 6.45) is 16.4. The van der Waals surface area contributed by atoms with Crippen molar-refractivity contribution in [3.05, 3.63) is 317 Å². The first-order valence-corrected chi connectivity index (χ1v) is 47.3. The molecule has 144 heavy (non-hydrogen) atoms. The van der Waals surface area contributed by atoms with Gasteiger partial charge in [0.15, 0.2) is 22.8 Å². The molecule has 40 heteroatoms. The standard InChI is InChI=1S/C22H19N3O3.2C21H23N7O.C20H17F3N6O.C20H21N7O/c1-14-10-15(8-9-23-14)17-5-7-21-24-18(12-22(26)25(21)13-17)16-4-6-19(27-2)20(11-16)28-3;1-13-10-26(7-6-22-13)16-4-5-20-24-17(9-21(29)27(20)12-16)18-8-19-15(3)23-14(2)11-28(19)25-18;1-13-9-26(7-6-22-13)16-4-5-19-24-17(8-20(29)28(19)11-16)18-12-27-10-14(2)23-15(3)21(27)25-18;21-20(22,23)16-12-28-10-13(1-3-17(28)26-16)15-9-19(30)29-11-14(2-4-18(29)25-15)27-7-5-24-6-8-27;1-13-11-27-18(14(2)22-13)9-17(24-27)16-10-20(28)26-12-15(3-4-19(26)23-16)25-7-5-21-6-8-25/h4-13H,1-3H3;4-5,8-9,11-13,22H,6-7,10H2,1-3H3;4-5,8,10-13,22H,6-7,9H2,1-3H3;1-4,9-12,24H,5-8H2;3-4,9-12,21H,5-8H2,1-2H3/t;2*13-;;/m.00../s1. The Morgan fingerprint density at radius 2 is 0.736 bits per heavy atom. The lowest BCUT2D eigenvalue weighted by molar-refractivity contribution is -0.140. The molecule has 0 saturated carbocycles. The smallest absolute Gasteiger partial charge is 0.434 e. The highest BCUT2D eigenvalue weighted by Gasteiger charge is 2.34. The molecular formula is C104H103F3N30O7. The quantitative estimate of drug-likeness (QED) is 0.0882. The van der Waals surface area contributed by atoms with Crippen LogP contribution in [0, 0.1) is 48.5 Å². The van der Waals surface area contributed by atoms with E-state index < -0.39 is 11.9 Å². The summed E-state index contributed by atoms with van der Waals surface area (Å²) < 4.78 is 64.0. The van der Waals surface area contributed by atoms with Crippen LogP contribution in [0.1, 0.15) is 59.4 Å². The van der Waals surface area contributed by atoms with Gasteiger partial charge in [-0.2, -0.15) is 23.4 Å². The molecule has 4 aliphatic heterocycles. The summed E-state index contributed by atoms with van der Waals surface area (Å²) in [7, 11) is 3.16. The van der Waals surface area contributed by atoms with Crippen molar-refractivity contribution in [1.29, 1.82) is 0 Å². The molecule has 20 aromatic rings. The van der Waals surface area contributed by atoms with Crippen molar-refractivity contribution >= 4 is 73.3 Å². The van der Waals surface area contributed by atoms with E-state index in [-0.39, 0.29) is 33.4 Å². The second-order valence-electron chi connectivity index (χ2n) is 36.1. The largest absolute Gasteiger partial charge is 0.493 e. The zero-order valence-corrected chi connectivity index (χ0v) is 81.0. The summed E-state index contributed by atoms with van der Waals surface area (Å²) in [4.78, 5) is 122. The number of methoxy groups -OCH3 is 2. The van der Waals surface area contributed by atoms with Crippen LogP contribution in [-0.4, -0.2) is 223 Å². The highest BCUT2D eigenvalue weighted by Crippen LogP contribution is 2.35. The molecule has 1 aromatic carbocycles. The second kappa shape index (κ2) is 39.7. The fourth-order valence-corrected chi connectivity index (χ4v) is 18.5. The molecule has 4 fully saturated rings. The fraction of sp³-hybridized carbons (Fsp3) is 0.269. The van der Waals surface area contributed by atoms with E-state index in [1.807, 2.05) is 187 Å². The Bertz CT molecular complexity index is 8490. The van der Waals surface area contributed by atoms with E-state index in [1.165, 1.54) is 33.2 Å². The van der Waals surface area contributed by atoms with Gasteiger partial charge in [-0.05, 0) is 189 Å². The van der Waals surface area contributed by atoms with Gasteiger partial charge in [-0.15, -0.1) is 0 Å². The van der Waals surface area contributed by atoms with Crippen molar-refractivity contribution < 1.29 is 22.6 Å². The molecule has 23 heterocycles. The molecular weight excluding hydrogens is 1840 g/mol. The Morgan fingerprint density at radius 1 is 0.326 bits per heavy atom. The lowest BCUT2D eigenvalue weighted by Gasteiger charge is -2.33. The van der Waals surface area contributed by atoms with Crippen LogP contribution in [0.25, 0.3) is 118 Å². The number of aromatic nitrogens is 22. The van der Waals surface area contributed by atoms with E-state index in [9.17, 15) is 37.1 Å². The number of nitrogens with one attached hydrogen (secondary N) is 4. The summed E-state index contributed by atoms with van der Waals surface area (Å²) in [6.45, 7) is 30.7. The lowest BCUT2D eigenvalue weighted by atomic mass is 10.1. The first-order valence-electron chi connectivity index (χ1n) is 47.3. The Morgan fingerprint density at radius 3 is 1.21 bits per heavy atom. The fourth-order valence-electron chi connectivity index (χ4n) is 18.5. The van der Waals surface area contributed by atoms with E-state index in [4.69, 9.17) is 19.4 Å². The third kappa shape index (κ3) is 20.1. The Hall–Kier alpha value is -16.9. The van der Waals surface area contributed by atoms with Crippen LogP contribution in [0.3, 0.4) is 0 Å². The Kier molecular flexibility index (Phi) is 26.1. The number of aryl methyl sites for hydroxylation is 7. The molecule has 0 bridgehead atoms. The Labute approximate surface area is 820 Å². The normalized spacial score (nSPS) is 15.2. The van der Waals surface area contributed by atoms with Gasteiger partial charge >= 0.3 is 6.18 Å². The van der Waals surface area contributed by atoms with Crippen LogP contribution in [0.5, 0.6) is 11.5 Å². The van der Waals surface area contributed by atoms with Crippen LogP contribution in [-0.2, 0) is 6.18 Å². The number of halogens is 3. The number of rotatable bonds is 12. The summed E-state index contributed by atoms with van der Waals surface area (Å²) in [6, 6.07) is 44.0. The number of hydrogen-bond donors (Lipinski definition) is 4. The van der Waals surface area contributed by atoms with Gasteiger partial charge in [0, 0.05) is 213 Å². The number of anilines is 4. The average molecular weight is 1940 g/mol. The van der Waals surface area contributed by atoms with Gasteiger partial charge in [-0.1, -0.05) is 0 Å². The molecule has 0 aliphatic carbocycles. The van der Waals surface area contributed by atoms with Gasteiger partial charge in [0.1, 0.15) is 51.0 Å². The molecule has 2 atom stereocenters. The van der Waals surface area contributed by atoms with Crippen LogP contribution in [0.15, 0.2) is 244 Å². The molecule has 19 aromatic heterocycles. The van der Waals surface area contributed by atoms with Gasteiger partial charge in [0.05, 0.1) is 123 Å². The molecule has 732 valence electrons. The molecule has 0 amide bonds. The number of fused-ring (bicyclic) bond motifs is 9. The maximum absolute atomic E-state index is 12.9. The van der Waals surface area contributed by atoms with Gasteiger partial charge < -0.3 is 59.1 Å². The summed E-state index contributed by atoms with van der Waals surface area (Å²) in [5.41, 5.74) is 22.2. The predicted octanol–water partition coefficient (Wildman–Crippen LogP) is 11.3. The first kappa shape index (κ1) is 94.7. The van der Waals surface area contributed by atoms with Gasteiger partial charge in [0.25, 0.3) is 27.8 Å². The minimum absolute atomic E-state index is 0.111. The van der Waals surface area contributed by atoms with Crippen LogP contribution >= 0.6 is 0 Å². The molecule has 4 aliphatic rings. The number of alkyl halides is 3. The summed E-state index contributed by atoms with van der Waals surface area (Å²) in [5.74, 6) is 1.21. The minimum Gasteiger partial charge on any atom is -0.493 e. The second-order valence-corrected chi connectivity index (χ2v) is 36.1. The van der Waals surface area contributed by atoms with Crippen LogP contribution in [0.2, 0.25) is 0 Å². The number of benzene rings is 1. The number of nitrogens with zero attached hydrogens (tertiary/aromatic N) is 26. The highest BCUT2D eigenvalue weighted by molar-refractivity contribution is 5.73. The molecule has 0 unspecified atom stereocenters. The van der Waals surface area contributed by atoms with Crippen molar-refractivity contribution in [1.82, 2.24) is 126 Å². The van der Waals surface area contributed by atoms with E-state index in [0.717, 1.165) is 194 Å². The molecule has 0 radical (unpaired) electrons. The molecule has 4 N–H and O–H groups in total. The van der Waals surface area contributed by atoms with Crippen molar-refractivity contribution in [2.24, 2.45) is 0 Å². The van der Waals surface area contributed by atoms with Crippen molar-refractivity contribution in [3.63, 3.8) is 0 Å². The zero-order valence-electron chi connectivity index (χ0n) is 81.0. The number of hydrogen-bond acceptors (Lipinski definition) is 28. The van der Waals surface area contributed by atoms with Gasteiger partial charge in [-0.3, -0.25) is 65.9 Å². The van der Waals surface area contributed by atoms with Crippen molar-refractivity contribution in [2.75, 3.05) is 125 Å². The minimum atomic E-state index is -4.52. The van der Waals surface area contributed by atoms with E-state index >= 15 is 0 Å². The third-order valence-corrected chi connectivity index (χ3v) is 25.6. The lowest BCUT2D eigenvalue weighted by Crippen LogP contribution is -2.49. The van der Waals surface area contributed by atoms with E-state index in [2.05, 4.69) is 110 Å². The molecule has 4 saturated heterocycles. The number of ether oxygens (including phenoxy) is 2. The Balaban J connectivity index is 0.000000110. The van der Waals surface area contributed by atoms with E-state index in [0.29, 0.717) is 103 Å². The monoisotopic (exact) mass is 1940 g/mol. The number of piperazine rings is 4. The molecule has 37 nitrogen and oxygen atoms in total.